The van der Waals surface area contributed by atoms with E-state index in [2.05, 4.69) is 13.2 Å². The lowest BCUT2D eigenvalue weighted by Crippen LogP contribution is -2.31. The van der Waals surface area contributed by atoms with Gasteiger partial charge in [0.15, 0.2) is 0 Å². The van der Waals surface area contributed by atoms with Crippen molar-refractivity contribution in [3.05, 3.63) is 25.3 Å². The number of hydrogen-bond donors (Lipinski definition) is 0. The Morgan fingerprint density at radius 3 is 0.459 bits per heavy atom. The van der Waals surface area contributed by atoms with Gasteiger partial charge >= 0.3 is 11.9 Å². The Labute approximate surface area is 513 Å². The zero-order valence-corrected chi connectivity index (χ0v) is 56.0. The van der Waals surface area contributed by atoms with Crippen LogP contribution in [0.2, 0.25) is 0 Å². The molecule has 0 aromatic rings. The summed E-state index contributed by atoms with van der Waals surface area (Å²) < 4.78 is 117. The third-order valence-corrected chi connectivity index (χ3v) is 12.2. The highest BCUT2D eigenvalue weighted by molar-refractivity contribution is 5.81. The standard InChI is InChI=1S/C63H120O22/c1-22-62(64)84-41-60(20)82-39-58(18)80-37-56(16)78-35-54(14)76-33-52(12)74-31-50(10)72-29-48(8)70-27-46(6)68-25-44(4)66-24-43(3)67-26-45(5)69-28-47(7)71-30-49(9)73-32-51(11)75-34-53(13)77-36-55(15)79-38-57(17)81-40-59(19)83-42-61(21)85-63(65)23-2/h22-23,43-61H,1-2,24-42H2,3-21H3. The van der Waals surface area contributed by atoms with Gasteiger partial charge in [0, 0.05) is 12.2 Å². The molecule has 0 aromatic carbocycles. The molecule has 0 amide bonds. The molecule has 0 rings (SSSR count). The van der Waals surface area contributed by atoms with Crippen LogP contribution in [0.1, 0.15) is 132 Å². The van der Waals surface area contributed by atoms with Crippen LogP contribution in [0.25, 0.3) is 0 Å². The second kappa shape index (κ2) is 51.4. The number of ether oxygens (including phenoxy) is 20. The molecule has 0 aliphatic rings. The summed E-state index contributed by atoms with van der Waals surface area (Å²) in [5.41, 5.74) is 0. The zero-order chi connectivity index (χ0) is 64.1. The van der Waals surface area contributed by atoms with Crippen molar-refractivity contribution in [2.75, 3.05) is 126 Å². The van der Waals surface area contributed by atoms with E-state index in [-0.39, 0.29) is 129 Å². The summed E-state index contributed by atoms with van der Waals surface area (Å²) >= 11 is 0. The minimum atomic E-state index is -0.474. The van der Waals surface area contributed by atoms with Crippen LogP contribution in [0.3, 0.4) is 0 Å². The van der Waals surface area contributed by atoms with Crippen molar-refractivity contribution >= 4 is 11.9 Å². The summed E-state index contributed by atoms with van der Waals surface area (Å²) in [6, 6.07) is 0. The van der Waals surface area contributed by atoms with Crippen molar-refractivity contribution in [3.8, 4) is 0 Å². The number of hydrogen-bond acceptors (Lipinski definition) is 22. The summed E-state index contributed by atoms with van der Waals surface area (Å²) in [5, 5.41) is 0. The average Bonchev–Trinajstić information content (AvgIpc) is 3.51. The van der Waals surface area contributed by atoms with E-state index in [0.29, 0.717) is 112 Å². The Morgan fingerprint density at radius 2 is 0.329 bits per heavy atom. The van der Waals surface area contributed by atoms with Crippen LogP contribution >= 0.6 is 0 Å². The molecule has 19 atom stereocenters. The maximum absolute atomic E-state index is 11.3. The van der Waals surface area contributed by atoms with E-state index in [0.717, 1.165) is 12.2 Å². The van der Waals surface area contributed by atoms with E-state index >= 15 is 0 Å². The third kappa shape index (κ3) is 51.2. The Hall–Kier alpha value is -2.30. The van der Waals surface area contributed by atoms with Crippen molar-refractivity contribution < 1.29 is 104 Å². The van der Waals surface area contributed by atoms with Gasteiger partial charge in [-0.2, -0.15) is 0 Å². The molecule has 0 saturated heterocycles. The van der Waals surface area contributed by atoms with Crippen molar-refractivity contribution in [2.45, 2.75) is 248 Å². The second-order valence-corrected chi connectivity index (χ2v) is 22.9. The van der Waals surface area contributed by atoms with Crippen molar-refractivity contribution in [3.63, 3.8) is 0 Å². The Bertz CT molecular complexity index is 1620. The maximum atomic E-state index is 11.3. The van der Waals surface area contributed by atoms with Gasteiger partial charge < -0.3 is 94.7 Å². The average molecular weight is 1230 g/mol. The fraction of sp³-hybridized carbons (Fsp3) is 0.905. The molecule has 22 heteroatoms. The lowest BCUT2D eigenvalue weighted by Gasteiger charge is -2.24. The first-order chi connectivity index (χ1) is 40.2. The SMILES string of the molecule is C=CC(=O)OCC(C)OCC(C)OCC(C)OCC(C)OCC(C)OCC(C)OCC(C)OCC(C)OCC(C)OCC(C)OCC(C)OCC(C)OCC(C)OCC(C)OCC(C)OCC(C)OCC(C)OCC(C)OCC(C)OC(=O)C=C. The van der Waals surface area contributed by atoms with E-state index in [9.17, 15) is 9.59 Å². The van der Waals surface area contributed by atoms with Gasteiger partial charge in [-0.25, -0.2) is 9.59 Å². The van der Waals surface area contributed by atoms with Crippen LogP contribution in [-0.4, -0.2) is 253 Å². The van der Waals surface area contributed by atoms with Crippen molar-refractivity contribution in [1.82, 2.24) is 0 Å². The highest BCUT2D eigenvalue weighted by Gasteiger charge is 2.20. The molecule has 0 aliphatic heterocycles. The summed E-state index contributed by atoms with van der Waals surface area (Å²) in [7, 11) is 0. The van der Waals surface area contributed by atoms with E-state index in [1.807, 2.05) is 125 Å². The largest absolute Gasteiger partial charge is 0.460 e. The fourth-order valence-corrected chi connectivity index (χ4v) is 6.80. The van der Waals surface area contributed by atoms with Gasteiger partial charge in [-0.1, -0.05) is 13.2 Å². The van der Waals surface area contributed by atoms with E-state index in [1.165, 1.54) is 0 Å². The lowest BCUT2D eigenvalue weighted by molar-refractivity contribution is -0.147. The molecule has 0 saturated carbocycles. The molecule has 0 spiro atoms. The minimum Gasteiger partial charge on any atom is -0.460 e. The summed E-state index contributed by atoms with van der Waals surface area (Å²) in [6.45, 7) is 51.2. The Balaban J connectivity index is 4.04. The molecule has 0 radical (unpaired) electrons. The normalized spacial score (nSPS) is 18.9. The first-order valence-corrected chi connectivity index (χ1v) is 30.9. The number of carbonyl (C=O) groups is 2. The molecule has 85 heavy (non-hydrogen) atoms. The first kappa shape index (κ1) is 82.7. The van der Waals surface area contributed by atoms with Crippen LogP contribution < -0.4 is 0 Å². The number of rotatable bonds is 59. The molecule has 0 fully saturated rings. The van der Waals surface area contributed by atoms with Crippen molar-refractivity contribution in [2.24, 2.45) is 0 Å². The molecule has 19 unspecified atom stereocenters. The van der Waals surface area contributed by atoms with E-state index in [1.54, 1.807) is 6.92 Å². The number of carbonyl (C=O) groups excluding carboxylic acids is 2. The van der Waals surface area contributed by atoms with E-state index < -0.39 is 11.9 Å². The molecule has 504 valence electrons. The highest BCUT2D eigenvalue weighted by Crippen LogP contribution is 2.10. The molecular formula is C63H120O22. The molecule has 0 bridgehead atoms. The molecular weight excluding hydrogens is 1110 g/mol. The van der Waals surface area contributed by atoms with Gasteiger partial charge in [-0.3, -0.25) is 0 Å². The van der Waals surface area contributed by atoms with Gasteiger partial charge in [0.1, 0.15) is 12.7 Å². The topological polar surface area (TPSA) is 219 Å². The predicted octanol–water partition coefficient (Wildman–Crippen LogP) is 8.13. The summed E-state index contributed by atoms with van der Waals surface area (Å²) in [5.74, 6) is -0.948. The molecule has 0 N–H and O–H groups in total. The van der Waals surface area contributed by atoms with E-state index in [4.69, 9.17) is 94.7 Å². The highest BCUT2D eigenvalue weighted by atomic mass is 16.6. The van der Waals surface area contributed by atoms with Gasteiger partial charge in [0.05, 0.1) is 229 Å². The quantitative estimate of drug-likeness (QED) is 0.0414. The second-order valence-electron chi connectivity index (χ2n) is 22.9. The van der Waals surface area contributed by atoms with Gasteiger partial charge in [-0.05, 0) is 132 Å². The summed E-state index contributed by atoms with van der Waals surface area (Å²) in [6.07, 6.45) is -0.573. The van der Waals surface area contributed by atoms with Gasteiger partial charge in [-0.15, -0.1) is 0 Å². The summed E-state index contributed by atoms with van der Waals surface area (Å²) in [4.78, 5) is 22.5. The minimum absolute atomic E-state index is 0.123. The molecule has 0 aromatic heterocycles. The molecule has 0 aliphatic carbocycles. The van der Waals surface area contributed by atoms with Gasteiger partial charge in [0.2, 0.25) is 0 Å². The third-order valence-electron chi connectivity index (χ3n) is 12.2. The van der Waals surface area contributed by atoms with Crippen LogP contribution in [0.15, 0.2) is 25.3 Å². The first-order valence-electron chi connectivity index (χ1n) is 30.9. The molecule has 0 heterocycles. The van der Waals surface area contributed by atoms with Crippen LogP contribution in [0.4, 0.5) is 0 Å². The predicted molar refractivity (Wildman–Crippen MR) is 324 cm³/mol. The zero-order valence-electron chi connectivity index (χ0n) is 56.0. The Kier molecular flexibility index (Phi) is 50.1. The smallest absolute Gasteiger partial charge is 0.330 e. The Morgan fingerprint density at radius 1 is 0.212 bits per heavy atom. The maximum Gasteiger partial charge on any atom is 0.330 e. The fourth-order valence-electron chi connectivity index (χ4n) is 6.80. The van der Waals surface area contributed by atoms with Crippen LogP contribution in [0, 0.1) is 0 Å². The lowest BCUT2D eigenvalue weighted by atomic mass is 10.3. The monoisotopic (exact) mass is 1230 g/mol. The van der Waals surface area contributed by atoms with Crippen LogP contribution in [-0.2, 0) is 104 Å². The molecule has 22 nitrogen and oxygen atoms in total. The van der Waals surface area contributed by atoms with Gasteiger partial charge in [0.25, 0.3) is 0 Å². The van der Waals surface area contributed by atoms with Crippen LogP contribution in [0.5, 0.6) is 0 Å². The van der Waals surface area contributed by atoms with Crippen molar-refractivity contribution in [1.29, 1.82) is 0 Å². The number of esters is 2.